The van der Waals surface area contributed by atoms with E-state index in [-0.39, 0.29) is 23.2 Å². The van der Waals surface area contributed by atoms with Crippen molar-refractivity contribution < 1.29 is 14.7 Å². The maximum atomic E-state index is 12.5. The predicted molar refractivity (Wildman–Crippen MR) is 124 cm³/mol. The molecule has 4 rings (SSSR count). The van der Waals surface area contributed by atoms with E-state index in [0.717, 1.165) is 11.3 Å². The topological polar surface area (TPSA) is 97.1 Å². The van der Waals surface area contributed by atoms with Gasteiger partial charge in [-0.1, -0.05) is 30.0 Å². The van der Waals surface area contributed by atoms with Crippen LogP contribution in [0.4, 0.5) is 5.69 Å². The van der Waals surface area contributed by atoms with Gasteiger partial charge in [-0.05, 0) is 67.6 Å². The standard InChI is InChI=1S/C24H20N4O3S/c1-16(29)17-7-11-19(12-8-17)25-22(31)15-32-24-27-26-23(18-9-13-21(30)14-10-18)28(24)20-5-3-2-4-6-20/h2-14,30H,15H2,1H3,(H,25,31). The summed E-state index contributed by atoms with van der Waals surface area (Å²) in [5.41, 5.74) is 2.87. The summed E-state index contributed by atoms with van der Waals surface area (Å²) in [5, 5.41) is 21.6. The molecule has 0 bridgehead atoms. The van der Waals surface area contributed by atoms with Crippen molar-refractivity contribution in [3.05, 3.63) is 84.4 Å². The minimum Gasteiger partial charge on any atom is -0.508 e. The number of thioether (sulfide) groups is 1. The molecule has 0 unspecified atom stereocenters. The van der Waals surface area contributed by atoms with Crippen LogP contribution in [0, 0.1) is 0 Å². The van der Waals surface area contributed by atoms with E-state index in [1.54, 1.807) is 48.5 Å². The van der Waals surface area contributed by atoms with Gasteiger partial charge in [0.15, 0.2) is 16.8 Å². The third-order valence-electron chi connectivity index (χ3n) is 4.68. The average Bonchev–Trinajstić information content (AvgIpc) is 3.23. The van der Waals surface area contributed by atoms with Crippen LogP contribution in [0.2, 0.25) is 0 Å². The lowest BCUT2D eigenvalue weighted by Crippen LogP contribution is -2.14. The number of para-hydroxylation sites is 1. The van der Waals surface area contributed by atoms with Gasteiger partial charge in [0.05, 0.1) is 5.75 Å². The third-order valence-corrected chi connectivity index (χ3v) is 5.61. The highest BCUT2D eigenvalue weighted by Crippen LogP contribution is 2.29. The molecule has 0 atom stereocenters. The second kappa shape index (κ2) is 9.49. The first-order chi connectivity index (χ1) is 15.5. The van der Waals surface area contributed by atoms with Crippen LogP contribution in [-0.2, 0) is 4.79 Å². The first-order valence-electron chi connectivity index (χ1n) is 9.85. The Hall–Kier alpha value is -3.91. The number of aromatic nitrogens is 3. The summed E-state index contributed by atoms with van der Waals surface area (Å²) < 4.78 is 1.88. The Morgan fingerprint density at radius 2 is 1.62 bits per heavy atom. The van der Waals surface area contributed by atoms with Crippen molar-refractivity contribution in [2.24, 2.45) is 0 Å². The van der Waals surface area contributed by atoms with Gasteiger partial charge < -0.3 is 10.4 Å². The van der Waals surface area contributed by atoms with Gasteiger partial charge in [-0.3, -0.25) is 14.2 Å². The van der Waals surface area contributed by atoms with Crippen molar-refractivity contribution in [3.63, 3.8) is 0 Å². The summed E-state index contributed by atoms with van der Waals surface area (Å²) in [4.78, 5) is 23.9. The van der Waals surface area contributed by atoms with Crippen molar-refractivity contribution in [3.8, 4) is 22.8 Å². The maximum Gasteiger partial charge on any atom is 0.234 e. The summed E-state index contributed by atoms with van der Waals surface area (Å²) in [5.74, 6) is 0.693. The smallest absolute Gasteiger partial charge is 0.234 e. The van der Waals surface area contributed by atoms with Crippen molar-refractivity contribution in [2.75, 3.05) is 11.1 Å². The Balaban J connectivity index is 1.53. The second-order valence-electron chi connectivity index (χ2n) is 6.99. The molecule has 160 valence electrons. The van der Waals surface area contributed by atoms with Crippen molar-refractivity contribution in [1.29, 1.82) is 0 Å². The first-order valence-corrected chi connectivity index (χ1v) is 10.8. The minimum absolute atomic E-state index is 0.0249. The number of benzene rings is 3. The number of nitrogens with zero attached hydrogens (tertiary/aromatic N) is 3. The number of Topliss-reactive ketones (excluding diaryl/α,β-unsaturated/α-hetero) is 1. The highest BCUT2D eigenvalue weighted by atomic mass is 32.2. The van der Waals surface area contributed by atoms with Crippen molar-refractivity contribution in [1.82, 2.24) is 14.8 Å². The molecule has 3 aromatic carbocycles. The lowest BCUT2D eigenvalue weighted by Gasteiger charge is -2.10. The Morgan fingerprint density at radius 3 is 2.28 bits per heavy atom. The molecule has 0 aliphatic rings. The van der Waals surface area contributed by atoms with E-state index < -0.39 is 0 Å². The van der Waals surface area contributed by atoms with Gasteiger partial charge in [0.2, 0.25) is 5.91 Å². The van der Waals surface area contributed by atoms with Gasteiger partial charge >= 0.3 is 0 Å². The highest BCUT2D eigenvalue weighted by Gasteiger charge is 2.17. The summed E-state index contributed by atoms with van der Waals surface area (Å²) in [6.07, 6.45) is 0. The van der Waals surface area contributed by atoms with Crippen LogP contribution in [0.25, 0.3) is 17.1 Å². The third kappa shape index (κ3) is 4.87. The van der Waals surface area contributed by atoms with E-state index in [0.29, 0.717) is 22.2 Å². The summed E-state index contributed by atoms with van der Waals surface area (Å²) in [7, 11) is 0. The van der Waals surface area contributed by atoms with Crippen molar-refractivity contribution in [2.45, 2.75) is 12.1 Å². The molecule has 0 spiro atoms. The molecule has 0 aliphatic heterocycles. The number of ketones is 1. The fourth-order valence-electron chi connectivity index (χ4n) is 3.09. The van der Waals surface area contributed by atoms with Crippen LogP contribution in [0.5, 0.6) is 5.75 Å². The largest absolute Gasteiger partial charge is 0.508 e. The summed E-state index contributed by atoms with van der Waals surface area (Å²) in [6, 6.07) is 23.1. The zero-order chi connectivity index (χ0) is 22.5. The molecular weight excluding hydrogens is 424 g/mol. The average molecular weight is 445 g/mol. The number of aromatic hydroxyl groups is 1. The molecule has 0 saturated carbocycles. The van der Waals surface area contributed by atoms with Gasteiger partial charge in [-0.25, -0.2) is 0 Å². The van der Waals surface area contributed by atoms with E-state index in [1.165, 1.54) is 18.7 Å². The molecule has 0 aliphatic carbocycles. The number of anilines is 1. The molecule has 1 amide bonds. The molecule has 8 heteroatoms. The number of phenols is 1. The van der Waals surface area contributed by atoms with Gasteiger partial charge in [-0.2, -0.15) is 0 Å². The van der Waals surface area contributed by atoms with Gasteiger partial charge in [-0.15, -0.1) is 10.2 Å². The molecule has 4 aromatic rings. The van der Waals surface area contributed by atoms with Gasteiger partial charge in [0.1, 0.15) is 5.75 Å². The molecule has 0 radical (unpaired) electrons. The molecule has 0 saturated heterocycles. The maximum absolute atomic E-state index is 12.5. The molecule has 7 nitrogen and oxygen atoms in total. The highest BCUT2D eigenvalue weighted by molar-refractivity contribution is 7.99. The molecule has 0 fully saturated rings. The van der Waals surface area contributed by atoms with Crippen LogP contribution in [0.15, 0.2) is 84.0 Å². The van der Waals surface area contributed by atoms with E-state index >= 15 is 0 Å². The zero-order valence-corrected chi connectivity index (χ0v) is 18.0. The molecule has 1 aromatic heterocycles. The SMILES string of the molecule is CC(=O)c1ccc(NC(=O)CSc2nnc(-c3ccc(O)cc3)n2-c2ccccc2)cc1. The number of hydrogen-bond donors (Lipinski definition) is 2. The van der Waals surface area contributed by atoms with Gasteiger partial charge in [0, 0.05) is 22.5 Å². The van der Waals surface area contributed by atoms with Crippen LogP contribution in [-0.4, -0.2) is 37.3 Å². The second-order valence-corrected chi connectivity index (χ2v) is 7.94. The van der Waals surface area contributed by atoms with E-state index in [1.807, 2.05) is 34.9 Å². The monoisotopic (exact) mass is 444 g/mol. The Labute approximate surface area is 189 Å². The number of rotatable bonds is 7. The first kappa shape index (κ1) is 21.3. The lowest BCUT2D eigenvalue weighted by atomic mass is 10.1. The van der Waals surface area contributed by atoms with Crippen LogP contribution in [0.1, 0.15) is 17.3 Å². The summed E-state index contributed by atoms with van der Waals surface area (Å²) in [6.45, 7) is 1.50. The number of phenolic OH excluding ortho intramolecular Hbond substituents is 1. The van der Waals surface area contributed by atoms with Gasteiger partial charge in [0.25, 0.3) is 0 Å². The number of carbonyl (C=O) groups is 2. The van der Waals surface area contributed by atoms with Crippen LogP contribution < -0.4 is 5.32 Å². The molecular formula is C24H20N4O3S. The Morgan fingerprint density at radius 1 is 0.938 bits per heavy atom. The van der Waals surface area contributed by atoms with Crippen LogP contribution >= 0.6 is 11.8 Å². The molecule has 32 heavy (non-hydrogen) atoms. The van der Waals surface area contributed by atoms with Crippen molar-refractivity contribution >= 4 is 29.1 Å². The number of amides is 1. The summed E-state index contributed by atoms with van der Waals surface area (Å²) >= 11 is 1.27. The normalized spacial score (nSPS) is 10.7. The number of nitrogens with one attached hydrogen (secondary N) is 1. The van der Waals surface area contributed by atoms with E-state index in [9.17, 15) is 14.7 Å². The number of hydrogen-bond acceptors (Lipinski definition) is 6. The fraction of sp³-hybridized carbons (Fsp3) is 0.0833. The molecule has 2 N–H and O–H groups in total. The Bertz CT molecular complexity index is 1240. The molecule has 1 heterocycles. The quantitative estimate of drug-likeness (QED) is 0.320. The minimum atomic E-state index is -0.195. The Kier molecular flexibility index (Phi) is 6.32. The zero-order valence-electron chi connectivity index (χ0n) is 17.2. The predicted octanol–water partition coefficient (Wildman–Crippen LogP) is 4.57. The van der Waals surface area contributed by atoms with Crippen LogP contribution in [0.3, 0.4) is 0 Å². The van der Waals surface area contributed by atoms with E-state index in [4.69, 9.17) is 0 Å². The fourth-order valence-corrected chi connectivity index (χ4v) is 3.84. The number of carbonyl (C=O) groups excluding carboxylic acids is 2. The van der Waals surface area contributed by atoms with E-state index in [2.05, 4.69) is 15.5 Å². The lowest BCUT2D eigenvalue weighted by molar-refractivity contribution is -0.113.